The first kappa shape index (κ1) is 17.0. The third-order valence-electron chi connectivity index (χ3n) is 4.65. The molecule has 0 aliphatic heterocycles. The van der Waals surface area contributed by atoms with Gasteiger partial charge in [-0.1, -0.05) is 45.0 Å². The Morgan fingerprint density at radius 2 is 1.82 bits per heavy atom. The van der Waals surface area contributed by atoms with Crippen molar-refractivity contribution in [3.8, 4) is 0 Å². The average Bonchev–Trinajstić information content (AvgIpc) is 3.27. The van der Waals surface area contributed by atoms with Gasteiger partial charge in [-0.3, -0.25) is 4.79 Å². The lowest BCUT2D eigenvalue weighted by Gasteiger charge is -2.25. The van der Waals surface area contributed by atoms with Crippen LogP contribution < -0.4 is 0 Å². The predicted molar refractivity (Wildman–Crippen MR) is 90.2 cm³/mol. The topological polar surface area (TPSA) is 29.5 Å². The van der Waals surface area contributed by atoms with E-state index in [9.17, 15) is 4.79 Å². The summed E-state index contributed by atoms with van der Waals surface area (Å²) >= 11 is 0. The standard InChI is InChI=1S/C19H29NO2/c1-18(2,3)15-7-9-16(10-8-15)19(11-12-19)17(21)20(4)13-6-14-22-5/h7-10H,6,11-14H2,1-5H3. The number of ether oxygens (including phenoxy) is 1. The van der Waals surface area contributed by atoms with E-state index < -0.39 is 0 Å². The highest BCUT2D eigenvalue weighted by molar-refractivity contribution is 5.91. The van der Waals surface area contributed by atoms with Crippen LogP contribution in [-0.2, 0) is 20.4 Å². The van der Waals surface area contributed by atoms with E-state index in [1.165, 1.54) is 11.1 Å². The maximum absolute atomic E-state index is 12.8. The van der Waals surface area contributed by atoms with Crippen LogP contribution in [-0.4, -0.2) is 38.1 Å². The Morgan fingerprint density at radius 3 is 2.27 bits per heavy atom. The van der Waals surface area contributed by atoms with Crippen LogP contribution in [0.2, 0.25) is 0 Å². The van der Waals surface area contributed by atoms with Crippen LogP contribution in [0.1, 0.15) is 51.2 Å². The zero-order chi connectivity index (χ0) is 16.4. The maximum atomic E-state index is 12.8. The quantitative estimate of drug-likeness (QED) is 0.753. The lowest BCUT2D eigenvalue weighted by Crippen LogP contribution is -2.37. The fraction of sp³-hybridized carbons (Fsp3) is 0.632. The Hall–Kier alpha value is -1.35. The molecule has 0 spiro atoms. The number of hydrogen-bond donors (Lipinski definition) is 0. The Balaban J connectivity index is 2.09. The Kier molecular flexibility index (Phi) is 4.96. The van der Waals surface area contributed by atoms with Crippen molar-refractivity contribution in [3.05, 3.63) is 35.4 Å². The van der Waals surface area contributed by atoms with Crippen LogP contribution in [0.25, 0.3) is 0 Å². The van der Waals surface area contributed by atoms with Crippen molar-refractivity contribution in [2.75, 3.05) is 27.3 Å². The molecule has 0 radical (unpaired) electrons. The van der Waals surface area contributed by atoms with E-state index in [4.69, 9.17) is 4.74 Å². The van der Waals surface area contributed by atoms with Crippen molar-refractivity contribution >= 4 is 5.91 Å². The van der Waals surface area contributed by atoms with E-state index in [0.29, 0.717) is 6.61 Å². The van der Waals surface area contributed by atoms with Gasteiger partial charge in [-0.2, -0.15) is 0 Å². The molecule has 0 heterocycles. The molecule has 3 heteroatoms. The predicted octanol–water partition coefficient (Wildman–Crippen LogP) is 3.51. The summed E-state index contributed by atoms with van der Waals surface area (Å²) in [6.45, 7) is 8.09. The number of nitrogens with zero attached hydrogens (tertiary/aromatic N) is 1. The van der Waals surface area contributed by atoms with E-state index >= 15 is 0 Å². The van der Waals surface area contributed by atoms with E-state index in [1.54, 1.807) is 7.11 Å². The molecule has 1 amide bonds. The molecule has 0 saturated heterocycles. The number of rotatable bonds is 6. The number of benzene rings is 1. The van der Waals surface area contributed by atoms with Gasteiger partial charge in [-0.15, -0.1) is 0 Å². The summed E-state index contributed by atoms with van der Waals surface area (Å²) in [6, 6.07) is 8.64. The third kappa shape index (κ3) is 3.52. The summed E-state index contributed by atoms with van der Waals surface area (Å²) < 4.78 is 5.06. The summed E-state index contributed by atoms with van der Waals surface area (Å²) in [7, 11) is 3.60. The highest BCUT2D eigenvalue weighted by atomic mass is 16.5. The largest absolute Gasteiger partial charge is 0.385 e. The second-order valence-corrected chi connectivity index (χ2v) is 7.48. The van der Waals surface area contributed by atoms with Crippen molar-refractivity contribution < 1.29 is 9.53 Å². The van der Waals surface area contributed by atoms with Gasteiger partial charge < -0.3 is 9.64 Å². The number of carbonyl (C=O) groups is 1. The van der Waals surface area contributed by atoms with Crippen molar-refractivity contribution in [1.82, 2.24) is 4.90 Å². The Morgan fingerprint density at radius 1 is 1.23 bits per heavy atom. The van der Waals surface area contributed by atoms with Gasteiger partial charge in [-0.25, -0.2) is 0 Å². The zero-order valence-corrected chi connectivity index (χ0v) is 14.6. The van der Waals surface area contributed by atoms with E-state index in [1.807, 2.05) is 11.9 Å². The second-order valence-electron chi connectivity index (χ2n) is 7.48. The van der Waals surface area contributed by atoms with Gasteiger partial charge in [-0.05, 0) is 35.8 Å². The highest BCUT2D eigenvalue weighted by Crippen LogP contribution is 2.49. The molecule has 0 N–H and O–H groups in total. The summed E-state index contributed by atoms with van der Waals surface area (Å²) in [5.41, 5.74) is 2.37. The molecule has 2 rings (SSSR count). The smallest absolute Gasteiger partial charge is 0.232 e. The van der Waals surface area contributed by atoms with Crippen molar-refractivity contribution in [3.63, 3.8) is 0 Å². The van der Waals surface area contributed by atoms with Crippen LogP contribution >= 0.6 is 0 Å². The first-order valence-electron chi connectivity index (χ1n) is 8.17. The molecule has 3 nitrogen and oxygen atoms in total. The number of methoxy groups -OCH3 is 1. The SMILES string of the molecule is COCCCN(C)C(=O)C1(c2ccc(C(C)(C)C)cc2)CC1. The molecule has 1 saturated carbocycles. The van der Waals surface area contributed by atoms with Crippen LogP contribution in [0.15, 0.2) is 24.3 Å². The third-order valence-corrected chi connectivity index (χ3v) is 4.65. The molecule has 0 atom stereocenters. The van der Waals surface area contributed by atoms with Crippen LogP contribution in [0.4, 0.5) is 0 Å². The average molecular weight is 303 g/mol. The van der Waals surface area contributed by atoms with Crippen LogP contribution in [0, 0.1) is 0 Å². The fourth-order valence-corrected chi connectivity index (χ4v) is 2.95. The first-order chi connectivity index (χ1) is 10.3. The Labute approximate surface area is 134 Å². The molecule has 0 bridgehead atoms. The van der Waals surface area contributed by atoms with Gasteiger partial charge in [0.25, 0.3) is 0 Å². The van der Waals surface area contributed by atoms with Gasteiger partial charge in [0, 0.05) is 27.3 Å². The number of hydrogen-bond acceptors (Lipinski definition) is 2. The van der Waals surface area contributed by atoms with Crippen molar-refractivity contribution in [2.24, 2.45) is 0 Å². The number of likely N-dealkylation sites (N-methyl/N-ethyl adjacent to an activating group) is 1. The monoisotopic (exact) mass is 303 g/mol. The fourth-order valence-electron chi connectivity index (χ4n) is 2.95. The van der Waals surface area contributed by atoms with E-state index in [2.05, 4.69) is 45.0 Å². The van der Waals surface area contributed by atoms with Gasteiger partial charge in [0.2, 0.25) is 5.91 Å². The van der Waals surface area contributed by atoms with Crippen molar-refractivity contribution in [2.45, 2.75) is 50.9 Å². The maximum Gasteiger partial charge on any atom is 0.232 e. The molecule has 1 aromatic carbocycles. The molecule has 1 aliphatic rings. The summed E-state index contributed by atoms with van der Waals surface area (Å²) in [6.07, 6.45) is 2.82. The van der Waals surface area contributed by atoms with Gasteiger partial charge in [0.15, 0.2) is 0 Å². The van der Waals surface area contributed by atoms with Gasteiger partial charge >= 0.3 is 0 Å². The molecule has 0 unspecified atom stereocenters. The van der Waals surface area contributed by atoms with Gasteiger partial charge in [0.05, 0.1) is 5.41 Å². The zero-order valence-electron chi connectivity index (χ0n) is 14.6. The summed E-state index contributed by atoms with van der Waals surface area (Å²) in [5.74, 6) is 0.257. The molecule has 1 aromatic rings. The lowest BCUT2D eigenvalue weighted by molar-refractivity contribution is -0.132. The van der Waals surface area contributed by atoms with Crippen LogP contribution in [0.3, 0.4) is 0 Å². The molecule has 22 heavy (non-hydrogen) atoms. The molecule has 0 aromatic heterocycles. The van der Waals surface area contributed by atoms with Crippen molar-refractivity contribution in [1.29, 1.82) is 0 Å². The van der Waals surface area contributed by atoms with E-state index in [-0.39, 0.29) is 16.7 Å². The minimum Gasteiger partial charge on any atom is -0.385 e. The molecule has 1 aliphatic carbocycles. The first-order valence-corrected chi connectivity index (χ1v) is 8.17. The minimum absolute atomic E-state index is 0.149. The Bertz CT molecular complexity index is 509. The number of carbonyl (C=O) groups excluding carboxylic acids is 1. The molecule has 122 valence electrons. The summed E-state index contributed by atoms with van der Waals surface area (Å²) in [5, 5.41) is 0. The summed E-state index contributed by atoms with van der Waals surface area (Å²) in [4.78, 5) is 14.7. The normalized spacial score (nSPS) is 16.4. The molecular formula is C19H29NO2. The molecular weight excluding hydrogens is 274 g/mol. The molecule has 1 fully saturated rings. The van der Waals surface area contributed by atoms with Crippen LogP contribution in [0.5, 0.6) is 0 Å². The minimum atomic E-state index is -0.266. The van der Waals surface area contributed by atoms with Gasteiger partial charge in [0.1, 0.15) is 0 Å². The highest BCUT2D eigenvalue weighted by Gasteiger charge is 2.52. The number of amides is 1. The lowest BCUT2D eigenvalue weighted by atomic mass is 9.84. The van der Waals surface area contributed by atoms with E-state index in [0.717, 1.165) is 25.8 Å². The second kappa shape index (κ2) is 6.41.